The van der Waals surface area contributed by atoms with Crippen molar-refractivity contribution in [2.24, 2.45) is 5.92 Å². The van der Waals surface area contributed by atoms with Crippen LogP contribution < -0.4 is 5.32 Å². The van der Waals surface area contributed by atoms with Crippen LogP contribution in [-0.4, -0.2) is 19.0 Å². The molecule has 0 unspecified atom stereocenters. The SMILES string of the molecule is C=CC[C@@H](C(=O)OC)[C@@H](NC(=O)c1ccccc1)c1ccccc1. The van der Waals surface area contributed by atoms with Gasteiger partial charge < -0.3 is 10.1 Å². The molecule has 124 valence electrons. The van der Waals surface area contributed by atoms with Crippen LogP contribution in [0, 0.1) is 5.92 Å². The van der Waals surface area contributed by atoms with Crippen molar-refractivity contribution >= 4 is 11.9 Å². The monoisotopic (exact) mass is 323 g/mol. The summed E-state index contributed by atoms with van der Waals surface area (Å²) in [5.74, 6) is -1.15. The molecule has 4 heteroatoms. The number of amides is 1. The van der Waals surface area contributed by atoms with E-state index in [1.165, 1.54) is 7.11 Å². The van der Waals surface area contributed by atoms with E-state index in [4.69, 9.17) is 4.74 Å². The van der Waals surface area contributed by atoms with Crippen LogP contribution in [0.5, 0.6) is 0 Å². The van der Waals surface area contributed by atoms with Crippen LogP contribution in [0.1, 0.15) is 28.4 Å². The van der Waals surface area contributed by atoms with Gasteiger partial charge in [-0.05, 0) is 24.1 Å². The molecular formula is C20H21NO3. The summed E-state index contributed by atoms with van der Waals surface area (Å²) < 4.78 is 4.92. The van der Waals surface area contributed by atoms with Gasteiger partial charge in [-0.2, -0.15) is 0 Å². The molecule has 0 radical (unpaired) electrons. The molecule has 0 aliphatic rings. The van der Waals surface area contributed by atoms with Crippen LogP contribution in [-0.2, 0) is 9.53 Å². The zero-order valence-corrected chi connectivity index (χ0v) is 13.6. The van der Waals surface area contributed by atoms with E-state index in [0.717, 1.165) is 5.56 Å². The Morgan fingerprint density at radius 1 is 1.08 bits per heavy atom. The molecular weight excluding hydrogens is 302 g/mol. The van der Waals surface area contributed by atoms with E-state index in [2.05, 4.69) is 11.9 Å². The van der Waals surface area contributed by atoms with Crippen molar-refractivity contribution in [3.8, 4) is 0 Å². The Hall–Kier alpha value is -2.88. The Balaban J connectivity index is 2.33. The van der Waals surface area contributed by atoms with E-state index in [-0.39, 0.29) is 11.9 Å². The molecule has 2 rings (SSSR count). The first-order chi connectivity index (χ1) is 11.7. The van der Waals surface area contributed by atoms with Crippen LogP contribution in [0.4, 0.5) is 0 Å². The van der Waals surface area contributed by atoms with Crippen molar-refractivity contribution in [3.05, 3.63) is 84.4 Å². The lowest BCUT2D eigenvalue weighted by atomic mass is 9.90. The first kappa shape index (κ1) is 17.5. The highest BCUT2D eigenvalue weighted by Gasteiger charge is 2.31. The normalized spacial score (nSPS) is 12.7. The van der Waals surface area contributed by atoms with E-state index >= 15 is 0 Å². The minimum atomic E-state index is -0.539. The number of carbonyl (C=O) groups is 2. The number of rotatable bonds is 7. The van der Waals surface area contributed by atoms with E-state index in [0.29, 0.717) is 12.0 Å². The fourth-order valence-electron chi connectivity index (χ4n) is 2.59. The van der Waals surface area contributed by atoms with E-state index in [1.54, 1.807) is 30.3 Å². The van der Waals surface area contributed by atoms with Gasteiger partial charge in [0.25, 0.3) is 5.91 Å². The number of hydrogen-bond acceptors (Lipinski definition) is 3. The zero-order valence-electron chi connectivity index (χ0n) is 13.6. The third-order valence-electron chi connectivity index (χ3n) is 3.81. The van der Waals surface area contributed by atoms with Gasteiger partial charge >= 0.3 is 5.97 Å². The third kappa shape index (κ3) is 4.32. The van der Waals surface area contributed by atoms with Crippen LogP contribution in [0.2, 0.25) is 0 Å². The van der Waals surface area contributed by atoms with Crippen LogP contribution in [0.15, 0.2) is 73.3 Å². The van der Waals surface area contributed by atoms with Crippen molar-refractivity contribution in [1.82, 2.24) is 5.32 Å². The lowest BCUT2D eigenvalue weighted by Gasteiger charge is -2.26. The van der Waals surface area contributed by atoms with Gasteiger partial charge in [-0.25, -0.2) is 0 Å². The van der Waals surface area contributed by atoms with Crippen LogP contribution >= 0.6 is 0 Å². The number of carbonyl (C=O) groups excluding carboxylic acids is 2. The largest absolute Gasteiger partial charge is 0.469 e. The predicted molar refractivity (Wildman–Crippen MR) is 93.4 cm³/mol. The zero-order chi connectivity index (χ0) is 17.4. The third-order valence-corrected chi connectivity index (χ3v) is 3.81. The van der Waals surface area contributed by atoms with Gasteiger partial charge in [0, 0.05) is 5.56 Å². The minimum Gasteiger partial charge on any atom is -0.469 e. The van der Waals surface area contributed by atoms with Crippen LogP contribution in [0.25, 0.3) is 0 Å². The van der Waals surface area contributed by atoms with Gasteiger partial charge in [-0.15, -0.1) is 6.58 Å². The fraction of sp³-hybridized carbons (Fsp3) is 0.200. The molecule has 0 saturated carbocycles. The topological polar surface area (TPSA) is 55.4 Å². The molecule has 0 aliphatic heterocycles. The van der Waals surface area contributed by atoms with Gasteiger partial charge in [0.05, 0.1) is 19.1 Å². The Morgan fingerprint density at radius 2 is 1.67 bits per heavy atom. The van der Waals surface area contributed by atoms with Gasteiger partial charge in [-0.3, -0.25) is 9.59 Å². The maximum Gasteiger partial charge on any atom is 0.311 e. The highest BCUT2D eigenvalue weighted by Crippen LogP contribution is 2.27. The van der Waals surface area contributed by atoms with Crippen molar-refractivity contribution in [2.75, 3.05) is 7.11 Å². The number of allylic oxidation sites excluding steroid dienone is 1. The molecule has 0 spiro atoms. The van der Waals surface area contributed by atoms with Crippen molar-refractivity contribution < 1.29 is 14.3 Å². The molecule has 0 heterocycles. The van der Waals surface area contributed by atoms with Gasteiger partial charge in [0.1, 0.15) is 0 Å². The Labute approximate surface area is 142 Å². The lowest BCUT2D eigenvalue weighted by Crippen LogP contribution is -2.37. The molecule has 2 atom stereocenters. The number of hydrogen-bond donors (Lipinski definition) is 1. The van der Waals surface area contributed by atoms with Gasteiger partial charge in [-0.1, -0.05) is 54.6 Å². The standard InChI is InChI=1S/C20H21NO3/c1-3-10-17(20(23)24-2)18(15-11-6-4-7-12-15)21-19(22)16-13-8-5-9-14-16/h3-9,11-14,17-18H,1,10H2,2H3,(H,21,22)/t17-,18+/m1/s1. The molecule has 24 heavy (non-hydrogen) atoms. The number of benzene rings is 2. The summed E-state index contributed by atoms with van der Waals surface area (Å²) in [5, 5.41) is 2.96. The average molecular weight is 323 g/mol. The number of esters is 1. The maximum atomic E-state index is 12.6. The highest BCUT2D eigenvalue weighted by atomic mass is 16.5. The molecule has 2 aromatic rings. The smallest absolute Gasteiger partial charge is 0.311 e. The van der Waals surface area contributed by atoms with Gasteiger partial charge in [0.15, 0.2) is 0 Å². The van der Waals surface area contributed by atoms with Crippen molar-refractivity contribution in [1.29, 1.82) is 0 Å². The van der Waals surface area contributed by atoms with Crippen molar-refractivity contribution in [2.45, 2.75) is 12.5 Å². The minimum absolute atomic E-state index is 0.234. The Bertz CT molecular complexity index is 683. The molecule has 0 fully saturated rings. The van der Waals surface area contributed by atoms with E-state index < -0.39 is 12.0 Å². The molecule has 0 aromatic heterocycles. The molecule has 0 bridgehead atoms. The first-order valence-electron chi connectivity index (χ1n) is 7.77. The summed E-state index contributed by atoms with van der Waals surface area (Å²) in [6.07, 6.45) is 2.06. The van der Waals surface area contributed by atoms with E-state index in [1.807, 2.05) is 36.4 Å². The summed E-state index contributed by atoms with van der Waals surface area (Å²) in [4.78, 5) is 24.8. The Kier molecular flexibility index (Phi) is 6.32. The van der Waals surface area contributed by atoms with Gasteiger partial charge in [0.2, 0.25) is 0 Å². The van der Waals surface area contributed by atoms with E-state index in [9.17, 15) is 9.59 Å². The highest BCUT2D eigenvalue weighted by molar-refractivity contribution is 5.94. The molecule has 1 N–H and O–H groups in total. The number of nitrogens with one attached hydrogen (secondary N) is 1. The summed E-state index contributed by atoms with van der Waals surface area (Å²) in [6.45, 7) is 3.71. The second-order valence-corrected chi connectivity index (χ2v) is 5.38. The second-order valence-electron chi connectivity index (χ2n) is 5.38. The number of ether oxygens (including phenoxy) is 1. The molecule has 0 saturated heterocycles. The fourth-order valence-corrected chi connectivity index (χ4v) is 2.59. The maximum absolute atomic E-state index is 12.6. The van der Waals surface area contributed by atoms with Crippen LogP contribution in [0.3, 0.4) is 0 Å². The average Bonchev–Trinajstić information content (AvgIpc) is 2.65. The first-order valence-corrected chi connectivity index (χ1v) is 7.77. The molecule has 4 nitrogen and oxygen atoms in total. The second kappa shape index (κ2) is 8.67. The summed E-state index contributed by atoms with van der Waals surface area (Å²) in [7, 11) is 1.35. The Morgan fingerprint density at radius 3 is 2.21 bits per heavy atom. The summed E-state index contributed by atoms with van der Waals surface area (Å²) >= 11 is 0. The summed E-state index contributed by atoms with van der Waals surface area (Å²) in [5.41, 5.74) is 1.39. The summed E-state index contributed by atoms with van der Waals surface area (Å²) in [6, 6.07) is 17.8. The van der Waals surface area contributed by atoms with Crippen molar-refractivity contribution in [3.63, 3.8) is 0 Å². The predicted octanol–water partition coefficient (Wildman–Crippen LogP) is 3.52. The molecule has 2 aromatic carbocycles. The quantitative estimate of drug-likeness (QED) is 0.626. The molecule has 0 aliphatic carbocycles. The number of methoxy groups -OCH3 is 1. The molecule has 1 amide bonds. The lowest BCUT2D eigenvalue weighted by molar-refractivity contribution is -0.146.